The zero-order chi connectivity index (χ0) is 22.6. The highest BCUT2D eigenvalue weighted by atomic mass is 32.1. The molecule has 6 heteroatoms. The SMILES string of the molecule is Cc1ccc(N2C(=O)c3cc4sccc4n3C[C@]2(C)C(=O)N[C@H]2CCCC[C@H]2C)cc1C. The van der Waals surface area contributed by atoms with Gasteiger partial charge in [0.05, 0.1) is 16.8 Å². The molecule has 3 aromatic rings. The minimum atomic E-state index is -1.02. The van der Waals surface area contributed by atoms with Crippen LogP contribution in [0.5, 0.6) is 0 Å². The average Bonchev–Trinajstić information content (AvgIpc) is 3.35. The normalized spacial score (nSPS) is 25.8. The van der Waals surface area contributed by atoms with Crippen molar-refractivity contribution in [3.63, 3.8) is 0 Å². The monoisotopic (exact) mass is 449 g/mol. The van der Waals surface area contributed by atoms with Gasteiger partial charge in [-0.15, -0.1) is 11.3 Å². The van der Waals surface area contributed by atoms with E-state index in [1.807, 2.05) is 54.1 Å². The minimum absolute atomic E-state index is 0.0643. The Hall–Kier alpha value is -2.60. The van der Waals surface area contributed by atoms with Crippen LogP contribution in [0.15, 0.2) is 35.7 Å². The Morgan fingerprint density at radius 1 is 1.12 bits per heavy atom. The molecule has 0 bridgehead atoms. The highest BCUT2D eigenvalue weighted by Crippen LogP contribution is 2.38. The molecule has 5 nitrogen and oxygen atoms in total. The van der Waals surface area contributed by atoms with E-state index in [1.165, 1.54) is 12.0 Å². The number of nitrogens with one attached hydrogen (secondary N) is 1. The fourth-order valence-electron chi connectivity index (χ4n) is 5.34. The van der Waals surface area contributed by atoms with Gasteiger partial charge in [-0.3, -0.25) is 14.5 Å². The molecule has 5 rings (SSSR count). The maximum absolute atomic E-state index is 13.9. The number of nitrogens with zero attached hydrogens (tertiary/aromatic N) is 2. The quantitative estimate of drug-likeness (QED) is 0.579. The van der Waals surface area contributed by atoms with Crippen LogP contribution < -0.4 is 10.2 Å². The molecule has 2 aromatic heterocycles. The first-order valence-corrected chi connectivity index (χ1v) is 12.5. The molecule has 1 fully saturated rings. The highest BCUT2D eigenvalue weighted by molar-refractivity contribution is 7.17. The summed E-state index contributed by atoms with van der Waals surface area (Å²) in [6.45, 7) is 8.69. The Morgan fingerprint density at radius 3 is 2.66 bits per heavy atom. The number of aryl methyl sites for hydroxylation is 2. The van der Waals surface area contributed by atoms with Crippen LogP contribution in [-0.4, -0.2) is 28.0 Å². The van der Waals surface area contributed by atoms with Crippen LogP contribution >= 0.6 is 11.3 Å². The first kappa shape index (κ1) is 21.3. The Bertz CT molecular complexity index is 1210. The molecular formula is C26H31N3O2S. The smallest absolute Gasteiger partial charge is 0.275 e. The second kappa shape index (κ2) is 7.77. The number of fused-ring (bicyclic) bond motifs is 3. The fraction of sp³-hybridized carbons (Fsp3) is 0.462. The summed E-state index contributed by atoms with van der Waals surface area (Å²) in [4.78, 5) is 29.5. The van der Waals surface area contributed by atoms with Gasteiger partial charge in [-0.25, -0.2) is 0 Å². The van der Waals surface area contributed by atoms with Gasteiger partial charge in [0.15, 0.2) is 0 Å². The summed E-state index contributed by atoms with van der Waals surface area (Å²) in [6, 6.07) is 10.2. The zero-order valence-electron chi connectivity index (χ0n) is 19.3. The van der Waals surface area contributed by atoms with Crippen LogP contribution in [0.1, 0.15) is 61.1 Å². The van der Waals surface area contributed by atoms with E-state index in [9.17, 15) is 9.59 Å². The lowest BCUT2D eigenvalue weighted by molar-refractivity contribution is -0.127. The Balaban J connectivity index is 1.60. The van der Waals surface area contributed by atoms with Crippen LogP contribution in [0.2, 0.25) is 0 Å². The van der Waals surface area contributed by atoms with E-state index in [2.05, 4.69) is 19.2 Å². The van der Waals surface area contributed by atoms with E-state index in [0.717, 1.165) is 40.7 Å². The third-order valence-corrected chi connectivity index (χ3v) is 8.42. The van der Waals surface area contributed by atoms with Crippen molar-refractivity contribution in [2.24, 2.45) is 5.92 Å². The number of thiophene rings is 1. The number of carbonyl (C=O) groups is 2. The van der Waals surface area contributed by atoms with Gasteiger partial charge in [0, 0.05) is 11.7 Å². The van der Waals surface area contributed by atoms with Crippen LogP contribution in [0, 0.1) is 19.8 Å². The number of anilines is 1. The Morgan fingerprint density at radius 2 is 1.91 bits per heavy atom. The van der Waals surface area contributed by atoms with Gasteiger partial charge in [0.25, 0.3) is 5.91 Å². The second-order valence-corrected chi connectivity index (χ2v) is 10.8. The van der Waals surface area contributed by atoms with Gasteiger partial charge < -0.3 is 9.88 Å². The van der Waals surface area contributed by atoms with E-state index in [4.69, 9.17) is 0 Å². The number of hydrogen-bond acceptors (Lipinski definition) is 3. The second-order valence-electron chi connectivity index (χ2n) is 9.81. The molecule has 0 saturated heterocycles. The summed E-state index contributed by atoms with van der Waals surface area (Å²) in [5.74, 6) is 0.277. The summed E-state index contributed by atoms with van der Waals surface area (Å²) < 4.78 is 3.12. The summed E-state index contributed by atoms with van der Waals surface area (Å²) in [5, 5.41) is 5.39. The van der Waals surface area contributed by atoms with Crippen LogP contribution in [-0.2, 0) is 11.3 Å². The van der Waals surface area contributed by atoms with Gasteiger partial charge in [0.2, 0.25) is 5.91 Å². The van der Waals surface area contributed by atoms with Crippen molar-refractivity contribution in [3.8, 4) is 0 Å². The maximum Gasteiger partial charge on any atom is 0.275 e. The first-order chi connectivity index (χ1) is 15.3. The average molecular weight is 450 g/mol. The van der Waals surface area contributed by atoms with Crippen molar-refractivity contribution in [3.05, 3.63) is 52.5 Å². The lowest BCUT2D eigenvalue weighted by Crippen LogP contribution is -2.65. The molecule has 168 valence electrons. The molecule has 1 aromatic carbocycles. The van der Waals surface area contributed by atoms with Crippen molar-refractivity contribution in [2.45, 2.75) is 71.5 Å². The van der Waals surface area contributed by atoms with E-state index >= 15 is 0 Å². The van der Waals surface area contributed by atoms with E-state index in [0.29, 0.717) is 18.2 Å². The molecule has 1 aliphatic carbocycles. The van der Waals surface area contributed by atoms with Crippen molar-refractivity contribution in [1.82, 2.24) is 9.88 Å². The standard InChI is InChI=1S/C26H31N3O2S/c1-16-9-10-19(13-18(16)3)29-24(30)22-14-23-21(11-12-32-23)28(22)15-26(29,4)25(31)27-20-8-6-5-7-17(20)2/h9-14,17,20H,5-8,15H2,1-4H3,(H,27,31)/t17-,20+,26-/m1/s1. The third-order valence-electron chi connectivity index (χ3n) is 7.57. The van der Waals surface area contributed by atoms with Crippen LogP contribution in [0.4, 0.5) is 5.69 Å². The van der Waals surface area contributed by atoms with Crippen LogP contribution in [0.25, 0.3) is 10.2 Å². The first-order valence-electron chi connectivity index (χ1n) is 11.6. The summed E-state index contributed by atoms with van der Waals surface area (Å²) in [6.07, 6.45) is 4.51. The third kappa shape index (κ3) is 3.27. The summed E-state index contributed by atoms with van der Waals surface area (Å²) in [7, 11) is 0. The van der Waals surface area contributed by atoms with E-state index in [1.54, 1.807) is 16.2 Å². The van der Waals surface area contributed by atoms with Gasteiger partial charge >= 0.3 is 0 Å². The van der Waals surface area contributed by atoms with Gasteiger partial charge in [-0.2, -0.15) is 0 Å². The molecular weight excluding hydrogens is 418 g/mol. The molecule has 1 saturated carbocycles. The van der Waals surface area contributed by atoms with Crippen molar-refractivity contribution in [2.75, 3.05) is 4.90 Å². The highest BCUT2D eigenvalue weighted by Gasteiger charge is 2.49. The van der Waals surface area contributed by atoms with E-state index < -0.39 is 5.54 Å². The van der Waals surface area contributed by atoms with Gasteiger partial charge in [-0.1, -0.05) is 25.8 Å². The Labute approximate surface area is 193 Å². The number of carbonyl (C=O) groups excluding carboxylic acids is 2. The predicted octanol–water partition coefficient (Wildman–Crippen LogP) is 5.43. The molecule has 3 heterocycles. The Kier molecular flexibility index (Phi) is 5.16. The molecule has 3 atom stereocenters. The number of amides is 2. The number of aromatic nitrogens is 1. The number of hydrogen-bond donors (Lipinski definition) is 1. The topological polar surface area (TPSA) is 54.3 Å². The maximum atomic E-state index is 13.9. The molecule has 1 N–H and O–H groups in total. The van der Waals surface area contributed by atoms with Gasteiger partial charge in [-0.05, 0) is 80.3 Å². The van der Waals surface area contributed by atoms with Crippen molar-refractivity contribution < 1.29 is 9.59 Å². The van der Waals surface area contributed by atoms with Crippen LogP contribution in [0.3, 0.4) is 0 Å². The summed E-state index contributed by atoms with van der Waals surface area (Å²) in [5.41, 5.74) is 3.73. The number of rotatable bonds is 3. The van der Waals surface area contributed by atoms with Gasteiger partial charge in [0.1, 0.15) is 11.2 Å². The van der Waals surface area contributed by atoms with Crippen molar-refractivity contribution >= 4 is 39.1 Å². The lowest BCUT2D eigenvalue weighted by atomic mass is 9.84. The lowest BCUT2D eigenvalue weighted by Gasteiger charge is -2.45. The molecule has 32 heavy (non-hydrogen) atoms. The minimum Gasteiger partial charge on any atom is -0.351 e. The van der Waals surface area contributed by atoms with Crippen molar-refractivity contribution in [1.29, 1.82) is 0 Å². The predicted molar refractivity (Wildman–Crippen MR) is 131 cm³/mol. The molecule has 2 aliphatic rings. The fourth-order valence-corrected chi connectivity index (χ4v) is 6.16. The number of benzene rings is 1. The molecule has 0 spiro atoms. The molecule has 0 radical (unpaired) electrons. The molecule has 2 amide bonds. The summed E-state index contributed by atoms with van der Waals surface area (Å²) >= 11 is 1.63. The zero-order valence-corrected chi connectivity index (χ0v) is 20.1. The molecule has 1 aliphatic heterocycles. The largest absolute Gasteiger partial charge is 0.351 e. The molecule has 0 unspecified atom stereocenters. The van der Waals surface area contributed by atoms with E-state index in [-0.39, 0.29) is 17.9 Å².